The third kappa shape index (κ3) is 3.66. The number of hydrogen-bond donors (Lipinski definition) is 1. The van der Waals surface area contributed by atoms with Crippen molar-refractivity contribution in [2.45, 2.75) is 6.54 Å². The van der Waals surface area contributed by atoms with E-state index >= 15 is 0 Å². The van der Waals surface area contributed by atoms with Crippen LogP contribution in [-0.4, -0.2) is 11.7 Å². The molecule has 0 bridgehead atoms. The number of amides is 1. The fourth-order valence-corrected chi connectivity index (χ4v) is 3.92. The van der Waals surface area contributed by atoms with Crippen LogP contribution in [0.5, 0.6) is 0 Å². The molecule has 4 aromatic rings. The predicted octanol–water partition coefficient (Wildman–Crippen LogP) is 5.06. The van der Waals surface area contributed by atoms with E-state index in [9.17, 15) is 9.59 Å². The molecule has 0 radical (unpaired) electrons. The number of rotatable bonds is 5. The summed E-state index contributed by atoms with van der Waals surface area (Å²) in [6.07, 6.45) is 0. The Bertz CT molecular complexity index is 1110. The second-order valence-corrected chi connectivity index (χ2v) is 7.34. The summed E-state index contributed by atoms with van der Waals surface area (Å²) in [5.74, 6) is -0.108. The summed E-state index contributed by atoms with van der Waals surface area (Å²) in [4.78, 5) is 26.7. The maximum absolute atomic E-state index is 12.6. The molecule has 1 N–H and O–H groups in total. The smallest absolute Gasteiger partial charge is 0.252 e. The molecular weight excluding hydrogens is 354 g/mol. The lowest BCUT2D eigenvalue weighted by atomic mass is 10.0. The molecule has 4 heteroatoms. The Morgan fingerprint density at radius 3 is 2.37 bits per heavy atom. The van der Waals surface area contributed by atoms with Crippen molar-refractivity contribution in [3.8, 4) is 0 Å². The van der Waals surface area contributed by atoms with Gasteiger partial charge in [-0.2, -0.15) is 0 Å². The standard InChI is InChI=1S/C23H17NO2S/c25-22(17-8-2-1-3-9-17)21-14-13-18(27-21)15-24-23(26)20-12-6-10-16-7-4-5-11-19(16)20/h1-14H,15H2,(H,24,26). The zero-order valence-electron chi connectivity index (χ0n) is 14.5. The maximum Gasteiger partial charge on any atom is 0.252 e. The molecule has 0 atom stereocenters. The van der Waals surface area contributed by atoms with Gasteiger partial charge < -0.3 is 5.32 Å². The van der Waals surface area contributed by atoms with Gasteiger partial charge in [-0.15, -0.1) is 11.3 Å². The first-order valence-corrected chi connectivity index (χ1v) is 9.48. The summed E-state index contributed by atoms with van der Waals surface area (Å²) in [5, 5.41) is 4.93. The van der Waals surface area contributed by atoms with Gasteiger partial charge in [0.25, 0.3) is 5.91 Å². The molecule has 132 valence electrons. The molecule has 3 aromatic carbocycles. The molecule has 1 heterocycles. The van der Waals surface area contributed by atoms with Crippen molar-refractivity contribution in [1.29, 1.82) is 0 Å². The summed E-state index contributed by atoms with van der Waals surface area (Å²) < 4.78 is 0. The average Bonchev–Trinajstić information content (AvgIpc) is 3.20. The van der Waals surface area contributed by atoms with Gasteiger partial charge in [0.15, 0.2) is 0 Å². The highest BCUT2D eigenvalue weighted by atomic mass is 32.1. The monoisotopic (exact) mass is 371 g/mol. The van der Waals surface area contributed by atoms with Gasteiger partial charge in [-0.3, -0.25) is 9.59 Å². The molecule has 0 aliphatic carbocycles. The third-order valence-corrected chi connectivity index (χ3v) is 5.46. The molecule has 3 nitrogen and oxygen atoms in total. The Morgan fingerprint density at radius 1 is 0.778 bits per heavy atom. The lowest BCUT2D eigenvalue weighted by Crippen LogP contribution is -2.22. The minimum atomic E-state index is -0.115. The van der Waals surface area contributed by atoms with Crippen LogP contribution in [0, 0.1) is 0 Å². The second kappa shape index (κ2) is 7.56. The minimum Gasteiger partial charge on any atom is -0.347 e. The van der Waals surface area contributed by atoms with Crippen LogP contribution in [0.1, 0.15) is 30.5 Å². The van der Waals surface area contributed by atoms with E-state index < -0.39 is 0 Å². The van der Waals surface area contributed by atoms with E-state index in [1.165, 1.54) is 11.3 Å². The van der Waals surface area contributed by atoms with Crippen LogP contribution in [0.2, 0.25) is 0 Å². The Balaban J connectivity index is 1.47. The molecule has 27 heavy (non-hydrogen) atoms. The van der Waals surface area contributed by atoms with Gasteiger partial charge >= 0.3 is 0 Å². The number of nitrogens with one attached hydrogen (secondary N) is 1. The number of thiophene rings is 1. The zero-order chi connectivity index (χ0) is 18.6. The summed E-state index contributed by atoms with van der Waals surface area (Å²) in [7, 11) is 0. The number of fused-ring (bicyclic) bond motifs is 1. The number of hydrogen-bond acceptors (Lipinski definition) is 3. The lowest BCUT2D eigenvalue weighted by Gasteiger charge is -2.07. The van der Waals surface area contributed by atoms with E-state index in [0.29, 0.717) is 22.5 Å². The third-order valence-electron chi connectivity index (χ3n) is 4.38. The first-order valence-electron chi connectivity index (χ1n) is 8.67. The van der Waals surface area contributed by atoms with Crippen molar-refractivity contribution in [3.05, 3.63) is 106 Å². The van der Waals surface area contributed by atoms with Crippen molar-refractivity contribution < 1.29 is 9.59 Å². The maximum atomic E-state index is 12.6. The summed E-state index contributed by atoms with van der Waals surface area (Å²) in [5.41, 5.74) is 1.33. The van der Waals surface area contributed by atoms with Crippen molar-refractivity contribution in [2.75, 3.05) is 0 Å². The predicted molar refractivity (Wildman–Crippen MR) is 109 cm³/mol. The van der Waals surface area contributed by atoms with Gasteiger partial charge in [0.05, 0.1) is 11.4 Å². The minimum absolute atomic E-state index is 0.00669. The van der Waals surface area contributed by atoms with Crippen molar-refractivity contribution in [1.82, 2.24) is 5.32 Å². The topological polar surface area (TPSA) is 46.2 Å². The Hall–Kier alpha value is -3.24. The molecule has 0 fully saturated rings. The summed E-state index contributed by atoms with van der Waals surface area (Å²) in [6.45, 7) is 0.398. The van der Waals surface area contributed by atoms with E-state index in [2.05, 4.69) is 5.32 Å². The lowest BCUT2D eigenvalue weighted by molar-refractivity contribution is 0.0952. The second-order valence-electron chi connectivity index (χ2n) is 6.17. The Morgan fingerprint density at radius 2 is 1.52 bits per heavy atom. The van der Waals surface area contributed by atoms with Crippen LogP contribution in [0.3, 0.4) is 0 Å². The van der Waals surface area contributed by atoms with E-state index in [4.69, 9.17) is 0 Å². The number of carbonyl (C=O) groups excluding carboxylic acids is 2. The molecule has 0 spiro atoms. The van der Waals surface area contributed by atoms with Gasteiger partial charge in [0.1, 0.15) is 0 Å². The fraction of sp³-hybridized carbons (Fsp3) is 0.0435. The molecule has 1 amide bonds. The van der Waals surface area contributed by atoms with Gasteiger partial charge in [0.2, 0.25) is 5.78 Å². The first-order chi connectivity index (χ1) is 13.2. The Labute approximate surface area is 161 Å². The quantitative estimate of drug-likeness (QED) is 0.498. The van der Waals surface area contributed by atoms with Gasteiger partial charge in [-0.25, -0.2) is 0 Å². The largest absolute Gasteiger partial charge is 0.347 e. The zero-order valence-corrected chi connectivity index (χ0v) is 15.3. The van der Waals surface area contributed by atoms with Crippen molar-refractivity contribution in [3.63, 3.8) is 0 Å². The van der Waals surface area contributed by atoms with Crippen LogP contribution in [0.15, 0.2) is 84.9 Å². The highest BCUT2D eigenvalue weighted by molar-refractivity contribution is 7.14. The van der Waals surface area contributed by atoms with E-state index in [1.54, 1.807) is 0 Å². The van der Waals surface area contributed by atoms with E-state index in [1.807, 2.05) is 84.9 Å². The number of ketones is 1. The molecule has 1 aromatic heterocycles. The Kier molecular flexibility index (Phi) is 4.81. The fourth-order valence-electron chi connectivity index (χ4n) is 3.01. The molecule has 4 rings (SSSR count). The number of benzene rings is 3. The molecule has 0 aliphatic rings. The first kappa shape index (κ1) is 17.2. The summed E-state index contributed by atoms with van der Waals surface area (Å²) >= 11 is 1.41. The van der Waals surface area contributed by atoms with Crippen molar-refractivity contribution in [2.24, 2.45) is 0 Å². The van der Waals surface area contributed by atoms with Crippen molar-refractivity contribution >= 4 is 33.8 Å². The highest BCUT2D eigenvalue weighted by Gasteiger charge is 2.13. The van der Waals surface area contributed by atoms with Crippen LogP contribution in [0.4, 0.5) is 0 Å². The van der Waals surface area contributed by atoms with E-state index in [-0.39, 0.29) is 11.7 Å². The average molecular weight is 371 g/mol. The van der Waals surface area contributed by atoms with Crippen LogP contribution in [0.25, 0.3) is 10.8 Å². The molecule has 0 unspecified atom stereocenters. The molecule has 0 saturated heterocycles. The highest BCUT2D eigenvalue weighted by Crippen LogP contribution is 2.21. The van der Waals surface area contributed by atoms with Crippen LogP contribution >= 0.6 is 11.3 Å². The SMILES string of the molecule is O=C(c1ccccc1)c1ccc(CNC(=O)c2cccc3ccccc23)s1. The van der Waals surface area contributed by atoms with E-state index in [0.717, 1.165) is 15.6 Å². The van der Waals surface area contributed by atoms with Gasteiger partial charge in [0, 0.05) is 16.0 Å². The van der Waals surface area contributed by atoms with Gasteiger partial charge in [-0.1, -0.05) is 66.7 Å². The summed E-state index contributed by atoms with van der Waals surface area (Å²) in [6, 6.07) is 26.5. The molecular formula is C23H17NO2S. The molecule has 0 saturated carbocycles. The molecule has 0 aliphatic heterocycles. The number of carbonyl (C=O) groups is 2. The van der Waals surface area contributed by atoms with Crippen LogP contribution in [-0.2, 0) is 6.54 Å². The van der Waals surface area contributed by atoms with Crippen LogP contribution < -0.4 is 5.32 Å². The van der Waals surface area contributed by atoms with Gasteiger partial charge in [-0.05, 0) is 29.0 Å². The normalized spacial score (nSPS) is 10.7.